The third-order valence-corrected chi connectivity index (χ3v) is 5.16. The van der Waals surface area contributed by atoms with Gasteiger partial charge in [-0.25, -0.2) is 0 Å². The molecule has 1 fully saturated rings. The van der Waals surface area contributed by atoms with Crippen molar-refractivity contribution >= 4 is 0 Å². The van der Waals surface area contributed by atoms with E-state index in [2.05, 4.69) is 0 Å². The zero-order valence-corrected chi connectivity index (χ0v) is 15.5. The SMILES string of the molecule is COc1ccc(COCc2ccc(C3CCCCC3)c(C(F)(F)F)c2)cc1. The number of halogens is 3. The number of rotatable bonds is 6. The largest absolute Gasteiger partial charge is 0.497 e. The molecule has 27 heavy (non-hydrogen) atoms. The highest BCUT2D eigenvalue weighted by atomic mass is 19.4. The van der Waals surface area contributed by atoms with Crippen molar-refractivity contribution in [3.05, 3.63) is 64.7 Å². The van der Waals surface area contributed by atoms with Gasteiger partial charge in [0.1, 0.15) is 5.75 Å². The van der Waals surface area contributed by atoms with Gasteiger partial charge in [-0.15, -0.1) is 0 Å². The Balaban J connectivity index is 1.68. The summed E-state index contributed by atoms with van der Waals surface area (Å²) in [7, 11) is 1.60. The van der Waals surface area contributed by atoms with Crippen molar-refractivity contribution in [3.8, 4) is 5.75 Å². The minimum atomic E-state index is -4.33. The van der Waals surface area contributed by atoms with Crippen LogP contribution in [0.3, 0.4) is 0 Å². The molecule has 0 amide bonds. The van der Waals surface area contributed by atoms with Crippen molar-refractivity contribution in [2.24, 2.45) is 0 Å². The molecular weight excluding hydrogens is 353 g/mol. The number of hydrogen-bond acceptors (Lipinski definition) is 2. The van der Waals surface area contributed by atoms with Crippen LogP contribution in [0.1, 0.15) is 60.3 Å². The molecule has 0 heterocycles. The third-order valence-electron chi connectivity index (χ3n) is 5.16. The number of hydrogen-bond donors (Lipinski definition) is 0. The van der Waals surface area contributed by atoms with Gasteiger partial charge in [0.05, 0.1) is 25.9 Å². The van der Waals surface area contributed by atoms with Crippen LogP contribution in [0.15, 0.2) is 42.5 Å². The summed E-state index contributed by atoms with van der Waals surface area (Å²) in [5, 5.41) is 0. The summed E-state index contributed by atoms with van der Waals surface area (Å²) in [5.74, 6) is 0.775. The lowest BCUT2D eigenvalue weighted by molar-refractivity contribution is -0.138. The summed E-state index contributed by atoms with van der Waals surface area (Å²) in [4.78, 5) is 0. The fraction of sp³-hybridized carbons (Fsp3) is 0.455. The van der Waals surface area contributed by atoms with Gasteiger partial charge in [-0.05, 0) is 53.6 Å². The molecule has 0 saturated heterocycles. The molecule has 0 unspecified atom stereocenters. The molecule has 1 saturated carbocycles. The van der Waals surface area contributed by atoms with E-state index in [1.54, 1.807) is 19.2 Å². The topological polar surface area (TPSA) is 18.5 Å². The van der Waals surface area contributed by atoms with Gasteiger partial charge in [0.2, 0.25) is 0 Å². The van der Waals surface area contributed by atoms with E-state index in [4.69, 9.17) is 9.47 Å². The average molecular weight is 378 g/mol. The monoisotopic (exact) mass is 378 g/mol. The van der Waals surface area contributed by atoms with E-state index in [0.717, 1.165) is 43.4 Å². The predicted molar refractivity (Wildman–Crippen MR) is 98.8 cm³/mol. The normalized spacial score (nSPS) is 15.7. The van der Waals surface area contributed by atoms with Gasteiger partial charge in [0.25, 0.3) is 0 Å². The Morgan fingerprint density at radius 1 is 0.889 bits per heavy atom. The van der Waals surface area contributed by atoms with Crippen LogP contribution in [0.25, 0.3) is 0 Å². The molecule has 3 rings (SSSR count). The highest BCUT2D eigenvalue weighted by Gasteiger charge is 2.35. The highest BCUT2D eigenvalue weighted by Crippen LogP contribution is 2.41. The van der Waals surface area contributed by atoms with Crippen LogP contribution in [-0.4, -0.2) is 7.11 Å². The molecule has 1 aliphatic carbocycles. The lowest BCUT2D eigenvalue weighted by atomic mass is 9.81. The van der Waals surface area contributed by atoms with Crippen molar-refractivity contribution in [2.75, 3.05) is 7.11 Å². The van der Waals surface area contributed by atoms with Gasteiger partial charge in [0.15, 0.2) is 0 Å². The second-order valence-corrected chi connectivity index (χ2v) is 7.10. The third kappa shape index (κ3) is 5.25. The highest BCUT2D eigenvalue weighted by molar-refractivity contribution is 5.37. The Morgan fingerprint density at radius 3 is 2.15 bits per heavy atom. The van der Waals surface area contributed by atoms with Crippen LogP contribution in [0.5, 0.6) is 5.75 Å². The molecule has 0 N–H and O–H groups in total. The molecular formula is C22H25F3O2. The summed E-state index contributed by atoms with van der Waals surface area (Å²) < 4.78 is 51.5. The number of methoxy groups -OCH3 is 1. The fourth-order valence-electron chi connectivity index (χ4n) is 3.72. The maximum atomic E-state index is 13.6. The van der Waals surface area contributed by atoms with Crippen molar-refractivity contribution < 1.29 is 22.6 Å². The molecule has 0 aliphatic heterocycles. The first-order valence-corrected chi connectivity index (χ1v) is 9.38. The second kappa shape index (κ2) is 8.79. The van der Waals surface area contributed by atoms with Crippen LogP contribution in [0, 0.1) is 0 Å². The molecule has 2 aromatic carbocycles. The van der Waals surface area contributed by atoms with Crippen LogP contribution in [-0.2, 0) is 24.1 Å². The first kappa shape index (κ1) is 19.7. The number of benzene rings is 2. The number of alkyl halides is 3. The zero-order chi connectivity index (χ0) is 19.3. The van der Waals surface area contributed by atoms with E-state index in [9.17, 15) is 13.2 Å². The van der Waals surface area contributed by atoms with Crippen molar-refractivity contribution in [1.82, 2.24) is 0 Å². The van der Waals surface area contributed by atoms with E-state index in [1.165, 1.54) is 6.07 Å². The molecule has 2 nitrogen and oxygen atoms in total. The molecule has 0 aromatic heterocycles. The minimum absolute atomic E-state index is 0.0182. The average Bonchev–Trinajstić information content (AvgIpc) is 2.68. The fourth-order valence-corrected chi connectivity index (χ4v) is 3.72. The van der Waals surface area contributed by atoms with Crippen molar-refractivity contribution in [1.29, 1.82) is 0 Å². The summed E-state index contributed by atoms with van der Waals surface area (Å²) in [6.45, 7) is 0.496. The van der Waals surface area contributed by atoms with Crippen LogP contribution in [0.2, 0.25) is 0 Å². The maximum Gasteiger partial charge on any atom is 0.416 e. The predicted octanol–water partition coefficient (Wildman–Crippen LogP) is 6.48. The van der Waals surface area contributed by atoms with Gasteiger partial charge in [-0.2, -0.15) is 13.2 Å². The Hall–Kier alpha value is -2.01. The van der Waals surface area contributed by atoms with Crippen LogP contribution >= 0.6 is 0 Å². The van der Waals surface area contributed by atoms with Gasteiger partial charge in [0, 0.05) is 0 Å². The summed E-state index contributed by atoms with van der Waals surface area (Å²) in [6.07, 6.45) is 0.490. The second-order valence-electron chi connectivity index (χ2n) is 7.10. The first-order valence-electron chi connectivity index (χ1n) is 9.38. The lowest BCUT2D eigenvalue weighted by Gasteiger charge is -2.25. The van der Waals surface area contributed by atoms with E-state index in [1.807, 2.05) is 24.3 Å². The Kier molecular flexibility index (Phi) is 6.42. The summed E-state index contributed by atoms with van der Waals surface area (Å²) in [5.41, 5.74) is 1.45. The van der Waals surface area contributed by atoms with Crippen molar-refractivity contribution in [2.45, 2.75) is 57.4 Å². The molecule has 5 heteroatoms. The molecule has 0 radical (unpaired) electrons. The zero-order valence-electron chi connectivity index (χ0n) is 15.5. The standard InChI is InChI=1S/C22H25F3O2/c1-26-19-10-7-16(8-11-19)14-27-15-17-9-12-20(18-5-3-2-4-6-18)21(13-17)22(23,24)25/h7-13,18H,2-6,14-15H2,1H3. The molecule has 0 bridgehead atoms. The molecule has 0 atom stereocenters. The van der Waals surface area contributed by atoms with E-state index >= 15 is 0 Å². The molecule has 0 spiro atoms. The van der Waals surface area contributed by atoms with Crippen LogP contribution in [0.4, 0.5) is 13.2 Å². The van der Waals surface area contributed by atoms with Gasteiger partial charge < -0.3 is 9.47 Å². The Morgan fingerprint density at radius 2 is 1.52 bits per heavy atom. The Bertz CT molecular complexity index is 732. The minimum Gasteiger partial charge on any atom is -0.497 e. The van der Waals surface area contributed by atoms with E-state index in [0.29, 0.717) is 17.7 Å². The first-order chi connectivity index (χ1) is 13.0. The quantitative estimate of drug-likeness (QED) is 0.573. The molecule has 1 aliphatic rings. The summed E-state index contributed by atoms with van der Waals surface area (Å²) in [6, 6.07) is 12.1. The lowest BCUT2D eigenvalue weighted by Crippen LogP contribution is -2.15. The maximum absolute atomic E-state index is 13.6. The van der Waals surface area contributed by atoms with Gasteiger partial charge in [-0.3, -0.25) is 0 Å². The van der Waals surface area contributed by atoms with E-state index < -0.39 is 11.7 Å². The van der Waals surface area contributed by atoms with E-state index in [-0.39, 0.29) is 12.5 Å². The number of ether oxygens (including phenoxy) is 2. The smallest absolute Gasteiger partial charge is 0.416 e. The van der Waals surface area contributed by atoms with Gasteiger partial charge >= 0.3 is 6.18 Å². The molecule has 146 valence electrons. The Labute approximate surface area is 158 Å². The molecule has 2 aromatic rings. The van der Waals surface area contributed by atoms with Crippen molar-refractivity contribution in [3.63, 3.8) is 0 Å². The van der Waals surface area contributed by atoms with Gasteiger partial charge in [-0.1, -0.05) is 43.5 Å². The van der Waals surface area contributed by atoms with Crippen LogP contribution < -0.4 is 4.74 Å². The summed E-state index contributed by atoms with van der Waals surface area (Å²) >= 11 is 0.